The lowest BCUT2D eigenvalue weighted by Gasteiger charge is -2.29. The van der Waals surface area contributed by atoms with Gasteiger partial charge in [0.15, 0.2) is 0 Å². The number of carbonyl (C=O) groups excluding carboxylic acids is 4. The molecule has 228 valence electrons. The van der Waals surface area contributed by atoms with E-state index in [9.17, 15) is 28.8 Å². The monoisotopic (exact) mass is 588 g/mol. The fourth-order valence-electron chi connectivity index (χ4n) is 3.61. The van der Waals surface area contributed by atoms with Crippen LogP contribution >= 0.6 is 0 Å². The van der Waals surface area contributed by atoms with E-state index in [1.54, 1.807) is 42.5 Å². The predicted molar refractivity (Wildman–Crippen MR) is 150 cm³/mol. The summed E-state index contributed by atoms with van der Waals surface area (Å²) in [6.07, 6.45) is -0.792. The highest BCUT2D eigenvalue weighted by Gasteiger charge is 2.32. The van der Waals surface area contributed by atoms with Crippen molar-refractivity contribution in [3.63, 3.8) is 0 Å². The van der Waals surface area contributed by atoms with Gasteiger partial charge >= 0.3 is 23.9 Å². The molecule has 0 spiro atoms. The van der Waals surface area contributed by atoms with E-state index in [-0.39, 0.29) is 6.42 Å². The van der Waals surface area contributed by atoms with Gasteiger partial charge < -0.3 is 36.5 Å². The molecule has 2 unspecified atom stereocenters. The van der Waals surface area contributed by atoms with Crippen LogP contribution in [0.2, 0.25) is 0 Å². The van der Waals surface area contributed by atoms with E-state index >= 15 is 0 Å². The first-order valence-electron chi connectivity index (χ1n) is 12.6. The first-order valence-corrected chi connectivity index (χ1v) is 12.6. The molecule has 2 amide bonds. The molecule has 0 aliphatic rings. The topological polar surface area (TPSA) is 229 Å². The zero-order valence-electron chi connectivity index (χ0n) is 23.5. The van der Waals surface area contributed by atoms with Crippen molar-refractivity contribution in [3.05, 3.63) is 66.2 Å². The standard InChI is InChI=1S/2C14H18N2O5/c1-9(14(20)21-2)16(10-6-4-3-5-7-10)13(19)11(15)8-12(17)18;1-21-14(20)11(7-9-5-3-2-4-6-9)16-13(19)10(15)8-12(17)18/h3-7,9,11H,8,15H2,1-2H3,(H,17,18);2-6,10-11H,7-8,15H2,1H3,(H,16,19)(H,17,18)/t9-,11-;/m0./s1. The number of nitrogens with zero attached hydrogens (tertiary/aromatic N) is 1. The summed E-state index contributed by atoms with van der Waals surface area (Å²) >= 11 is 0. The van der Waals surface area contributed by atoms with Crippen molar-refractivity contribution in [2.24, 2.45) is 11.5 Å². The molecule has 0 saturated carbocycles. The predicted octanol–water partition coefficient (Wildman–Crippen LogP) is 0.0720. The summed E-state index contributed by atoms with van der Waals surface area (Å²) in [6.45, 7) is 1.49. The molecular formula is C28H36N4O10. The molecule has 2 rings (SSSR count). The van der Waals surface area contributed by atoms with Gasteiger partial charge in [-0.15, -0.1) is 0 Å². The Kier molecular flexibility index (Phi) is 14.9. The molecule has 4 atom stereocenters. The molecule has 2 aromatic carbocycles. The van der Waals surface area contributed by atoms with E-state index in [1.165, 1.54) is 21.1 Å². The highest BCUT2D eigenvalue weighted by Crippen LogP contribution is 2.19. The van der Waals surface area contributed by atoms with Crippen molar-refractivity contribution in [2.45, 2.75) is 50.4 Å². The number of anilines is 1. The number of ether oxygens (including phenoxy) is 2. The molecule has 0 fully saturated rings. The highest BCUT2D eigenvalue weighted by atomic mass is 16.5. The number of amides is 2. The zero-order valence-corrected chi connectivity index (χ0v) is 23.5. The van der Waals surface area contributed by atoms with Crippen molar-refractivity contribution in [2.75, 3.05) is 19.1 Å². The Morgan fingerprint density at radius 2 is 1.26 bits per heavy atom. The minimum atomic E-state index is -1.24. The third kappa shape index (κ3) is 11.7. The van der Waals surface area contributed by atoms with Gasteiger partial charge in [-0.25, -0.2) is 9.59 Å². The number of methoxy groups -OCH3 is 2. The highest BCUT2D eigenvalue weighted by molar-refractivity contribution is 6.03. The summed E-state index contributed by atoms with van der Waals surface area (Å²) in [5.41, 5.74) is 12.3. The molecule has 0 aliphatic carbocycles. The van der Waals surface area contributed by atoms with Crippen LogP contribution in [0.15, 0.2) is 60.7 Å². The second kappa shape index (κ2) is 17.8. The number of benzene rings is 2. The third-order valence-electron chi connectivity index (χ3n) is 5.73. The van der Waals surface area contributed by atoms with Gasteiger partial charge in [-0.05, 0) is 24.6 Å². The minimum absolute atomic E-state index is 0.235. The molecule has 14 nitrogen and oxygen atoms in total. The number of carbonyl (C=O) groups is 6. The van der Waals surface area contributed by atoms with Crippen LogP contribution in [-0.4, -0.2) is 84.3 Å². The van der Waals surface area contributed by atoms with Gasteiger partial charge in [0.1, 0.15) is 12.1 Å². The Balaban J connectivity index is 0.000000420. The SMILES string of the molecule is COC(=O)C(Cc1ccccc1)NC(=O)C(N)CC(=O)O.COC(=O)[C@H](C)N(C(=O)[C@@H](N)CC(=O)O)c1ccccc1. The molecule has 0 saturated heterocycles. The summed E-state index contributed by atoms with van der Waals surface area (Å²) in [4.78, 5) is 69.9. The van der Waals surface area contributed by atoms with Crippen LogP contribution in [-0.2, 0) is 44.7 Å². The molecule has 2 aromatic rings. The summed E-state index contributed by atoms with van der Waals surface area (Å²) in [5.74, 6) is -4.96. The summed E-state index contributed by atoms with van der Waals surface area (Å²) < 4.78 is 9.27. The lowest BCUT2D eigenvalue weighted by Crippen LogP contribution is -2.51. The molecule has 0 bridgehead atoms. The lowest BCUT2D eigenvalue weighted by molar-refractivity contribution is -0.145. The Morgan fingerprint density at radius 3 is 1.74 bits per heavy atom. The maximum atomic E-state index is 12.4. The largest absolute Gasteiger partial charge is 0.481 e. The number of hydrogen-bond acceptors (Lipinski definition) is 10. The Bertz CT molecular complexity index is 1200. The van der Waals surface area contributed by atoms with Gasteiger partial charge in [0.05, 0.1) is 39.1 Å². The molecule has 42 heavy (non-hydrogen) atoms. The third-order valence-corrected chi connectivity index (χ3v) is 5.73. The maximum absolute atomic E-state index is 12.4. The van der Waals surface area contributed by atoms with Crippen molar-refractivity contribution in [1.29, 1.82) is 0 Å². The average molecular weight is 589 g/mol. The van der Waals surface area contributed by atoms with Crippen molar-refractivity contribution < 1.29 is 48.5 Å². The first-order chi connectivity index (χ1) is 19.8. The first kappa shape index (κ1) is 35.2. The van der Waals surface area contributed by atoms with Gasteiger partial charge in [0.2, 0.25) is 11.8 Å². The smallest absolute Gasteiger partial charge is 0.328 e. The minimum Gasteiger partial charge on any atom is -0.481 e. The van der Waals surface area contributed by atoms with Gasteiger partial charge in [-0.2, -0.15) is 0 Å². The number of rotatable bonds is 13. The molecule has 7 N–H and O–H groups in total. The summed E-state index contributed by atoms with van der Waals surface area (Å²) in [6, 6.07) is 13.2. The van der Waals surface area contributed by atoms with Crippen LogP contribution in [0.25, 0.3) is 0 Å². The molecule has 0 heterocycles. The van der Waals surface area contributed by atoms with E-state index in [0.29, 0.717) is 5.69 Å². The number of carboxylic acid groups (broad SMARTS) is 2. The molecule has 0 aliphatic heterocycles. The lowest BCUT2D eigenvalue weighted by atomic mass is 10.1. The number of esters is 2. The number of nitrogens with two attached hydrogens (primary N) is 2. The summed E-state index contributed by atoms with van der Waals surface area (Å²) in [5, 5.41) is 19.8. The van der Waals surface area contributed by atoms with Crippen LogP contribution in [0.5, 0.6) is 0 Å². The van der Waals surface area contributed by atoms with Crippen molar-refractivity contribution in [1.82, 2.24) is 5.32 Å². The van der Waals surface area contributed by atoms with Crippen LogP contribution in [0.1, 0.15) is 25.3 Å². The van der Waals surface area contributed by atoms with Gasteiger partial charge in [-0.1, -0.05) is 48.5 Å². The Morgan fingerprint density at radius 1 is 0.786 bits per heavy atom. The number of carboxylic acids is 2. The van der Waals surface area contributed by atoms with E-state index in [4.69, 9.17) is 21.7 Å². The van der Waals surface area contributed by atoms with Gasteiger partial charge in [0, 0.05) is 12.1 Å². The number of hydrogen-bond donors (Lipinski definition) is 5. The Labute approximate surface area is 242 Å². The van der Waals surface area contributed by atoms with Crippen molar-refractivity contribution >= 4 is 41.4 Å². The maximum Gasteiger partial charge on any atom is 0.328 e. The fraction of sp³-hybridized carbons (Fsp3) is 0.357. The second-order valence-corrected chi connectivity index (χ2v) is 8.93. The zero-order chi connectivity index (χ0) is 31.8. The second-order valence-electron chi connectivity index (χ2n) is 8.93. The van der Waals surface area contributed by atoms with Gasteiger partial charge in [0.25, 0.3) is 0 Å². The van der Waals surface area contributed by atoms with E-state index in [2.05, 4.69) is 14.8 Å². The molecule has 0 radical (unpaired) electrons. The van der Waals surface area contributed by atoms with Crippen LogP contribution in [0, 0.1) is 0 Å². The van der Waals surface area contributed by atoms with Crippen LogP contribution in [0.4, 0.5) is 5.69 Å². The fourth-order valence-corrected chi connectivity index (χ4v) is 3.61. The van der Waals surface area contributed by atoms with E-state index < -0.39 is 72.7 Å². The number of aliphatic carboxylic acids is 2. The van der Waals surface area contributed by atoms with E-state index in [0.717, 1.165) is 10.5 Å². The molecular weight excluding hydrogens is 552 g/mol. The summed E-state index contributed by atoms with van der Waals surface area (Å²) in [7, 11) is 2.42. The number of nitrogens with one attached hydrogen (secondary N) is 1. The average Bonchev–Trinajstić information content (AvgIpc) is 2.96. The van der Waals surface area contributed by atoms with Crippen LogP contribution < -0.4 is 21.7 Å². The Hall–Kier alpha value is -4.82. The van der Waals surface area contributed by atoms with Gasteiger partial charge in [-0.3, -0.25) is 24.1 Å². The number of para-hydroxylation sites is 1. The van der Waals surface area contributed by atoms with Crippen molar-refractivity contribution in [3.8, 4) is 0 Å². The van der Waals surface area contributed by atoms with E-state index in [1.807, 2.05) is 18.2 Å². The molecule has 0 aromatic heterocycles. The van der Waals surface area contributed by atoms with Crippen LogP contribution in [0.3, 0.4) is 0 Å². The quantitative estimate of drug-likeness (QED) is 0.196. The normalized spacial score (nSPS) is 13.1. The molecule has 14 heteroatoms.